The van der Waals surface area contributed by atoms with Crippen LogP contribution < -0.4 is 5.32 Å². The number of aliphatic hydroxyl groups is 1. The highest BCUT2D eigenvalue weighted by Gasteiger charge is 2.20. The van der Waals surface area contributed by atoms with Gasteiger partial charge in [-0.3, -0.25) is 4.98 Å². The Labute approximate surface area is 107 Å². The second-order valence-electron chi connectivity index (χ2n) is 4.78. The molecule has 1 heterocycles. The normalized spacial score (nSPS) is 14.0. The molecule has 0 radical (unpaired) electrons. The lowest BCUT2D eigenvalue weighted by Crippen LogP contribution is -2.33. The molecule has 0 aliphatic carbocycles. The summed E-state index contributed by atoms with van der Waals surface area (Å²) >= 11 is 0. The van der Waals surface area contributed by atoms with Gasteiger partial charge in [-0.1, -0.05) is 13.3 Å². The van der Waals surface area contributed by atoms with Crippen LogP contribution in [0.15, 0.2) is 12.3 Å². The molecule has 0 bridgehead atoms. The summed E-state index contributed by atoms with van der Waals surface area (Å²) in [5.41, 5.74) is 0.499. The Morgan fingerprint density at radius 1 is 1.56 bits per heavy atom. The first-order valence-corrected chi connectivity index (χ1v) is 6.02. The zero-order valence-electron chi connectivity index (χ0n) is 11.0. The summed E-state index contributed by atoms with van der Waals surface area (Å²) in [6.45, 7) is 5.83. The average molecular weight is 252 g/mol. The van der Waals surface area contributed by atoms with Gasteiger partial charge in [-0.25, -0.2) is 4.79 Å². The number of pyridine rings is 1. The Bertz CT molecular complexity index is 430. The molecule has 0 saturated carbocycles. The van der Waals surface area contributed by atoms with Gasteiger partial charge in [0.15, 0.2) is 0 Å². The van der Waals surface area contributed by atoms with Crippen molar-refractivity contribution in [2.24, 2.45) is 0 Å². The van der Waals surface area contributed by atoms with Gasteiger partial charge in [-0.15, -0.1) is 0 Å². The number of carbonyl (C=O) groups is 1. The van der Waals surface area contributed by atoms with Gasteiger partial charge in [-0.05, 0) is 26.3 Å². The molecule has 0 spiro atoms. The smallest absolute Gasteiger partial charge is 0.339 e. The maximum atomic E-state index is 11.0. The van der Waals surface area contributed by atoms with Crippen LogP contribution in [0.3, 0.4) is 0 Å². The first-order chi connectivity index (χ1) is 8.35. The van der Waals surface area contributed by atoms with Crippen molar-refractivity contribution in [3.63, 3.8) is 0 Å². The molecule has 1 rings (SSSR count). The largest absolute Gasteiger partial charge is 0.478 e. The number of hydrogen-bond donors (Lipinski definition) is 3. The number of carboxylic acid groups (broad SMARTS) is 1. The second-order valence-corrected chi connectivity index (χ2v) is 4.78. The maximum absolute atomic E-state index is 11.0. The first kappa shape index (κ1) is 14.4. The van der Waals surface area contributed by atoms with E-state index in [0.717, 1.165) is 12.1 Å². The van der Waals surface area contributed by atoms with Crippen molar-refractivity contribution < 1.29 is 15.0 Å². The van der Waals surface area contributed by atoms with E-state index in [-0.39, 0.29) is 5.56 Å². The van der Waals surface area contributed by atoms with Gasteiger partial charge in [0.1, 0.15) is 5.56 Å². The molecule has 1 atom stereocenters. The summed E-state index contributed by atoms with van der Waals surface area (Å²) in [4.78, 5) is 15.0. The van der Waals surface area contributed by atoms with Crippen molar-refractivity contribution in [2.45, 2.75) is 39.2 Å². The van der Waals surface area contributed by atoms with Crippen LogP contribution >= 0.6 is 0 Å². The van der Waals surface area contributed by atoms with Gasteiger partial charge in [0.05, 0.1) is 11.3 Å². The number of aryl methyl sites for hydroxylation is 1. The van der Waals surface area contributed by atoms with Gasteiger partial charge >= 0.3 is 5.97 Å². The molecule has 0 aliphatic heterocycles. The fourth-order valence-electron chi connectivity index (χ4n) is 1.79. The Morgan fingerprint density at radius 2 is 2.22 bits per heavy atom. The molecule has 1 aromatic heterocycles. The van der Waals surface area contributed by atoms with E-state index in [1.54, 1.807) is 19.9 Å². The molecule has 1 aromatic rings. The van der Waals surface area contributed by atoms with E-state index in [2.05, 4.69) is 10.3 Å². The van der Waals surface area contributed by atoms with Crippen molar-refractivity contribution in [3.05, 3.63) is 23.5 Å². The average Bonchev–Trinajstić information content (AvgIpc) is 2.26. The van der Waals surface area contributed by atoms with Gasteiger partial charge in [0.25, 0.3) is 0 Å². The highest BCUT2D eigenvalue weighted by molar-refractivity contribution is 5.93. The van der Waals surface area contributed by atoms with Crippen LogP contribution in [0.4, 0.5) is 5.69 Å². The van der Waals surface area contributed by atoms with Crippen LogP contribution in [-0.2, 0) is 0 Å². The van der Waals surface area contributed by atoms with Crippen LogP contribution in [0.1, 0.15) is 42.7 Å². The number of nitrogens with one attached hydrogen (secondary N) is 1. The molecule has 0 aromatic carbocycles. The third-order valence-electron chi connectivity index (χ3n) is 2.72. The van der Waals surface area contributed by atoms with Crippen LogP contribution in [-0.4, -0.2) is 33.3 Å². The molecule has 3 N–H and O–H groups in total. The van der Waals surface area contributed by atoms with Gasteiger partial charge in [0.2, 0.25) is 0 Å². The van der Waals surface area contributed by atoms with E-state index >= 15 is 0 Å². The molecule has 0 aliphatic rings. The monoisotopic (exact) mass is 252 g/mol. The Morgan fingerprint density at radius 3 is 2.78 bits per heavy atom. The summed E-state index contributed by atoms with van der Waals surface area (Å²) in [6, 6.07) is 1.67. The van der Waals surface area contributed by atoms with Crippen molar-refractivity contribution in [1.82, 2.24) is 4.98 Å². The van der Waals surface area contributed by atoms with Gasteiger partial charge in [0, 0.05) is 18.4 Å². The fourth-order valence-corrected chi connectivity index (χ4v) is 1.79. The van der Waals surface area contributed by atoms with Crippen molar-refractivity contribution in [3.8, 4) is 0 Å². The van der Waals surface area contributed by atoms with E-state index in [9.17, 15) is 9.90 Å². The minimum absolute atomic E-state index is 0.118. The SMILES string of the molecule is CCCC(C)(O)CNc1cc(C)ncc1C(=O)O. The molecule has 1 unspecified atom stereocenters. The topological polar surface area (TPSA) is 82.5 Å². The molecule has 5 heteroatoms. The lowest BCUT2D eigenvalue weighted by Gasteiger charge is -2.24. The van der Waals surface area contributed by atoms with E-state index in [1.165, 1.54) is 6.20 Å². The molecule has 5 nitrogen and oxygen atoms in total. The third kappa shape index (κ3) is 4.00. The third-order valence-corrected chi connectivity index (χ3v) is 2.72. The summed E-state index contributed by atoms with van der Waals surface area (Å²) in [7, 11) is 0. The summed E-state index contributed by atoms with van der Waals surface area (Å²) in [5, 5.41) is 22.1. The molecule has 0 fully saturated rings. The van der Waals surface area contributed by atoms with Crippen LogP contribution in [0.25, 0.3) is 0 Å². The molecular formula is C13H20N2O3. The first-order valence-electron chi connectivity index (χ1n) is 6.02. The predicted octanol–water partition coefficient (Wildman–Crippen LogP) is 2.05. The molecule has 18 heavy (non-hydrogen) atoms. The number of nitrogens with zero attached hydrogens (tertiary/aromatic N) is 1. The highest BCUT2D eigenvalue weighted by Crippen LogP contribution is 2.18. The van der Waals surface area contributed by atoms with Crippen LogP contribution in [0, 0.1) is 6.92 Å². The lowest BCUT2D eigenvalue weighted by atomic mass is 10.0. The number of hydrogen-bond acceptors (Lipinski definition) is 4. The van der Waals surface area contributed by atoms with Gasteiger partial charge < -0.3 is 15.5 Å². The Balaban J connectivity index is 2.83. The number of carboxylic acids is 1. The van der Waals surface area contributed by atoms with E-state index in [4.69, 9.17) is 5.11 Å². The summed E-state index contributed by atoms with van der Waals surface area (Å²) in [6.07, 6.45) is 2.86. The number of anilines is 1. The van der Waals surface area contributed by atoms with Crippen molar-refractivity contribution in [1.29, 1.82) is 0 Å². The van der Waals surface area contributed by atoms with Crippen LogP contribution in [0.2, 0.25) is 0 Å². The fraction of sp³-hybridized carbons (Fsp3) is 0.538. The molecule has 0 saturated heterocycles. The minimum Gasteiger partial charge on any atom is -0.478 e. The van der Waals surface area contributed by atoms with E-state index < -0.39 is 11.6 Å². The maximum Gasteiger partial charge on any atom is 0.339 e. The molecule has 100 valence electrons. The number of aromatic carboxylic acids is 1. The standard InChI is InChI=1S/C13H20N2O3/c1-4-5-13(3,18)8-15-11-6-9(2)14-7-10(11)12(16)17/h6-7,18H,4-5,8H2,1-3H3,(H,14,15)(H,16,17). The minimum atomic E-state index is -1.03. The van der Waals surface area contributed by atoms with Crippen molar-refractivity contribution >= 4 is 11.7 Å². The molecule has 0 amide bonds. The number of rotatable bonds is 6. The van der Waals surface area contributed by atoms with Crippen LogP contribution in [0.5, 0.6) is 0 Å². The second kappa shape index (κ2) is 5.82. The zero-order chi connectivity index (χ0) is 13.8. The van der Waals surface area contributed by atoms with Crippen molar-refractivity contribution in [2.75, 3.05) is 11.9 Å². The highest BCUT2D eigenvalue weighted by atomic mass is 16.4. The Kier molecular flexibility index (Phi) is 4.67. The summed E-state index contributed by atoms with van der Waals surface area (Å²) in [5.74, 6) is -1.03. The van der Waals surface area contributed by atoms with E-state index in [0.29, 0.717) is 18.7 Å². The lowest BCUT2D eigenvalue weighted by molar-refractivity contribution is 0.0630. The quantitative estimate of drug-likeness (QED) is 0.721. The van der Waals surface area contributed by atoms with E-state index in [1.807, 2.05) is 6.92 Å². The number of aromatic nitrogens is 1. The Hall–Kier alpha value is -1.62. The summed E-state index contributed by atoms with van der Waals surface area (Å²) < 4.78 is 0. The zero-order valence-corrected chi connectivity index (χ0v) is 11.0. The predicted molar refractivity (Wildman–Crippen MR) is 70.0 cm³/mol. The van der Waals surface area contributed by atoms with Gasteiger partial charge in [-0.2, -0.15) is 0 Å². The molecular weight excluding hydrogens is 232 g/mol.